The molecule has 25 heavy (non-hydrogen) atoms. The van der Waals surface area contributed by atoms with E-state index in [4.69, 9.17) is 9.16 Å². The number of aliphatic hydroxyl groups excluding tert-OH is 2. The number of H-pyrrole nitrogens is 1. The molecule has 1 aromatic rings. The summed E-state index contributed by atoms with van der Waals surface area (Å²) >= 11 is 0. The molecule has 9 heteroatoms. The fourth-order valence-electron chi connectivity index (χ4n) is 2.63. The molecule has 3 N–H and O–H groups in total. The summed E-state index contributed by atoms with van der Waals surface area (Å²) in [5.74, 6) is 0. The van der Waals surface area contributed by atoms with Crippen molar-refractivity contribution in [2.45, 2.75) is 63.3 Å². The van der Waals surface area contributed by atoms with Crippen molar-refractivity contribution in [1.82, 2.24) is 9.55 Å². The topological polar surface area (TPSA) is 114 Å². The van der Waals surface area contributed by atoms with Gasteiger partial charge in [0.1, 0.15) is 11.8 Å². The molecule has 8 nitrogen and oxygen atoms in total. The van der Waals surface area contributed by atoms with Crippen LogP contribution in [0.25, 0.3) is 0 Å². The van der Waals surface area contributed by atoms with E-state index in [9.17, 15) is 19.8 Å². The highest BCUT2D eigenvalue weighted by Gasteiger charge is 2.53. The predicted octanol–water partition coefficient (Wildman–Crippen LogP) is 0.569. The van der Waals surface area contributed by atoms with Gasteiger partial charge in [-0.05, 0) is 18.1 Å². The summed E-state index contributed by atoms with van der Waals surface area (Å²) in [5, 5.41) is 19.7. The van der Waals surface area contributed by atoms with E-state index in [0.29, 0.717) is 6.42 Å². The first-order valence-electron chi connectivity index (χ1n) is 8.34. The monoisotopic (exact) mass is 372 g/mol. The van der Waals surface area contributed by atoms with Crippen LogP contribution in [-0.4, -0.2) is 53.0 Å². The molecule has 1 aromatic heterocycles. The first kappa shape index (κ1) is 20.1. The molecule has 0 bridgehead atoms. The minimum absolute atomic E-state index is 0.0590. The zero-order valence-corrected chi connectivity index (χ0v) is 16.4. The summed E-state index contributed by atoms with van der Waals surface area (Å²) in [6, 6.07) is 1.23. The zero-order valence-electron chi connectivity index (χ0n) is 15.4. The second kappa shape index (κ2) is 6.80. The standard InChI is InChI=1S/C16H28N2O6Si/c1-15(2,3)25(4,5)24-11-8-13(23-16(11,9-19)10-20)18-7-6-12(21)17-14(18)22/h6-7,11,13,19-20H,8-10H2,1-5H3,(H,17,21,22)/t11?,13-/m1/s1. The Balaban J connectivity index is 2.36. The second-order valence-corrected chi connectivity index (χ2v) is 12.8. The van der Waals surface area contributed by atoms with Crippen molar-refractivity contribution in [3.63, 3.8) is 0 Å². The van der Waals surface area contributed by atoms with Crippen molar-refractivity contribution in [3.05, 3.63) is 33.1 Å². The van der Waals surface area contributed by atoms with Crippen molar-refractivity contribution >= 4 is 8.32 Å². The maximum Gasteiger partial charge on any atom is 0.330 e. The molecule has 1 fully saturated rings. The van der Waals surface area contributed by atoms with Crippen LogP contribution in [-0.2, 0) is 9.16 Å². The Bertz CT molecular complexity index is 716. The molecule has 1 saturated heterocycles. The fraction of sp³-hybridized carbons (Fsp3) is 0.750. The Kier molecular flexibility index (Phi) is 5.46. The van der Waals surface area contributed by atoms with Gasteiger partial charge in [-0.15, -0.1) is 0 Å². The van der Waals surface area contributed by atoms with Gasteiger partial charge in [0.25, 0.3) is 5.56 Å². The number of aliphatic hydroxyl groups is 2. The van der Waals surface area contributed by atoms with Gasteiger partial charge >= 0.3 is 5.69 Å². The molecule has 0 radical (unpaired) electrons. The van der Waals surface area contributed by atoms with E-state index in [1.165, 1.54) is 16.8 Å². The summed E-state index contributed by atoms with van der Waals surface area (Å²) in [5.41, 5.74) is -2.39. The average Bonchev–Trinajstić information content (AvgIpc) is 2.84. The van der Waals surface area contributed by atoms with Gasteiger partial charge in [-0.3, -0.25) is 14.3 Å². The maximum absolute atomic E-state index is 12.0. The molecule has 2 rings (SSSR count). The highest BCUT2D eigenvalue weighted by atomic mass is 28.4. The van der Waals surface area contributed by atoms with Gasteiger partial charge < -0.3 is 19.4 Å². The molecule has 2 heterocycles. The minimum atomic E-state index is -2.19. The van der Waals surface area contributed by atoms with Crippen molar-refractivity contribution in [3.8, 4) is 0 Å². The van der Waals surface area contributed by atoms with E-state index in [-0.39, 0.29) is 5.04 Å². The van der Waals surface area contributed by atoms with E-state index in [1.807, 2.05) is 0 Å². The highest BCUT2D eigenvalue weighted by molar-refractivity contribution is 6.74. The SMILES string of the molecule is CC(C)(C)[Si](C)(C)OC1C[C@H](n2ccc(=O)[nH]c2=O)OC1(CO)CO. The Labute approximate surface area is 147 Å². The first-order valence-corrected chi connectivity index (χ1v) is 11.3. The van der Waals surface area contributed by atoms with E-state index in [1.54, 1.807) is 0 Å². The van der Waals surface area contributed by atoms with Gasteiger partial charge in [0.2, 0.25) is 0 Å². The van der Waals surface area contributed by atoms with Gasteiger partial charge in [-0.2, -0.15) is 0 Å². The van der Waals surface area contributed by atoms with Crippen LogP contribution in [0, 0.1) is 0 Å². The predicted molar refractivity (Wildman–Crippen MR) is 95.0 cm³/mol. The number of nitrogens with one attached hydrogen (secondary N) is 1. The molecule has 2 atom stereocenters. The van der Waals surface area contributed by atoms with Crippen molar-refractivity contribution in [2.75, 3.05) is 13.2 Å². The number of ether oxygens (including phenoxy) is 1. The number of hydrogen-bond acceptors (Lipinski definition) is 6. The molecular formula is C16H28N2O6Si. The summed E-state index contributed by atoms with van der Waals surface area (Å²) in [6.45, 7) is 9.57. The van der Waals surface area contributed by atoms with Crippen LogP contribution in [0.5, 0.6) is 0 Å². The van der Waals surface area contributed by atoms with Crippen LogP contribution in [0.15, 0.2) is 21.9 Å². The Morgan fingerprint density at radius 1 is 1.36 bits per heavy atom. The van der Waals surface area contributed by atoms with Crippen LogP contribution in [0.1, 0.15) is 33.4 Å². The quantitative estimate of drug-likeness (QED) is 0.651. The average molecular weight is 372 g/mol. The molecule has 1 aliphatic heterocycles. The normalized spacial score (nSPS) is 23.8. The number of aromatic nitrogens is 2. The van der Waals surface area contributed by atoms with Crippen LogP contribution >= 0.6 is 0 Å². The maximum atomic E-state index is 12.0. The molecule has 0 aromatic carbocycles. The third kappa shape index (κ3) is 3.80. The van der Waals surface area contributed by atoms with E-state index < -0.39 is 50.7 Å². The van der Waals surface area contributed by atoms with Gasteiger partial charge in [-0.1, -0.05) is 20.8 Å². The van der Waals surface area contributed by atoms with Gasteiger partial charge in [0.05, 0.1) is 19.3 Å². The lowest BCUT2D eigenvalue weighted by Crippen LogP contribution is -2.54. The van der Waals surface area contributed by atoms with Crippen LogP contribution < -0.4 is 11.2 Å². The largest absolute Gasteiger partial charge is 0.411 e. The van der Waals surface area contributed by atoms with Crippen molar-refractivity contribution < 1.29 is 19.4 Å². The zero-order chi connectivity index (χ0) is 19.0. The number of hydrogen-bond donors (Lipinski definition) is 3. The van der Waals surface area contributed by atoms with Crippen LogP contribution in [0.4, 0.5) is 0 Å². The number of nitrogens with zero attached hydrogens (tertiary/aromatic N) is 1. The van der Waals surface area contributed by atoms with Crippen molar-refractivity contribution in [1.29, 1.82) is 0 Å². The number of aromatic amines is 1. The molecular weight excluding hydrogens is 344 g/mol. The minimum Gasteiger partial charge on any atom is -0.411 e. The van der Waals surface area contributed by atoms with Crippen LogP contribution in [0.2, 0.25) is 18.1 Å². The summed E-state index contributed by atoms with van der Waals surface area (Å²) in [4.78, 5) is 25.5. The third-order valence-electron chi connectivity index (χ3n) is 5.31. The second-order valence-electron chi connectivity index (χ2n) is 8.07. The molecule has 0 saturated carbocycles. The van der Waals surface area contributed by atoms with Gasteiger partial charge in [0.15, 0.2) is 8.32 Å². The molecule has 0 amide bonds. The summed E-state index contributed by atoms with van der Waals surface area (Å²) in [7, 11) is -2.19. The smallest absolute Gasteiger partial charge is 0.330 e. The fourth-order valence-corrected chi connectivity index (χ4v) is 4.01. The summed E-state index contributed by atoms with van der Waals surface area (Å²) < 4.78 is 13.5. The number of rotatable bonds is 5. The third-order valence-corrected chi connectivity index (χ3v) is 9.80. The Morgan fingerprint density at radius 3 is 2.44 bits per heavy atom. The van der Waals surface area contributed by atoms with Gasteiger partial charge in [-0.25, -0.2) is 4.79 Å². The lowest BCUT2D eigenvalue weighted by atomic mass is 9.99. The van der Waals surface area contributed by atoms with E-state index >= 15 is 0 Å². The van der Waals surface area contributed by atoms with E-state index in [0.717, 1.165) is 0 Å². The molecule has 142 valence electrons. The molecule has 1 aliphatic rings. The molecule has 0 aliphatic carbocycles. The van der Waals surface area contributed by atoms with E-state index in [2.05, 4.69) is 38.8 Å². The molecule has 0 spiro atoms. The van der Waals surface area contributed by atoms with Crippen LogP contribution in [0.3, 0.4) is 0 Å². The molecule has 1 unspecified atom stereocenters. The lowest BCUT2D eigenvalue weighted by Gasteiger charge is -2.42. The lowest BCUT2D eigenvalue weighted by molar-refractivity contribution is -0.147. The first-order chi connectivity index (χ1) is 11.5. The van der Waals surface area contributed by atoms with Gasteiger partial charge in [0, 0.05) is 18.7 Å². The Hall–Kier alpha value is -1.26. The summed E-state index contributed by atoms with van der Waals surface area (Å²) in [6.07, 6.45) is 0.338. The highest BCUT2D eigenvalue weighted by Crippen LogP contribution is 2.44. The Morgan fingerprint density at radius 2 is 1.96 bits per heavy atom. The van der Waals surface area contributed by atoms with Crippen molar-refractivity contribution in [2.24, 2.45) is 0 Å².